The average molecular weight is 498 g/mol. The molecule has 0 aromatic heterocycles. The summed E-state index contributed by atoms with van der Waals surface area (Å²) in [4.78, 5) is 53.0. The van der Waals surface area contributed by atoms with Crippen LogP contribution in [0.5, 0.6) is 11.5 Å². The van der Waals surface area contributed by atoms with Crippen LogP contribution < -0.4 is 4.74 Å². The Morgan fingerprint density at radius 2 is 1.88 bits per heavy atom. The predicted molar refractivity (Wildman–Crippen MR) is 117 cm³/mol. The zero-order valence-electron chi connectivity index (χ0n) is 17.4. The molecule has 4 aliphatic rings. The van der Waals surface area contributed by atoms with Gasteiger partial charge in [0, 0.05) is 30.2 Å². The number of likely N-dealkylation sites (tertiary alicyclic amines) is 1. The predicted octanol–water partition coefficient (Wildman–Crippen LogP) is 2.79. The highest BCUT2D eigenvalue weighted by atomic mass is 79.9. The lowest BCUT2D eigenvalue weighted by Crippen LogP contribution is -2.39. The number of rotatable bonds is 2. The van der Waals surface area contributed by atoms with Gasteiger partial charge in [-0.2, -0.15) is 0 Å². The van der Waals surface area contributed by atoms with Crippen LogP contribution in [0.15, 0.2) is 51.6 Å². The summed E-state index contributed by atoms with van der Waals surface area (Å²) in [5.74, 6) is -2.73. The number of allylic oxidation sites excluding steroid dienone is 6. The number of amides is 2. The molecule has 1 aromatic rings. The Morgan fingerprint density at radius 1 is 1.12 bits per heavy atom. The molecule has 7 nitrogen and oxygen atoms in total. The molecule has 1 N–H and O–H groups in total. The van der Waals surface area contributed by atoms with Gasteiger partial charge in [-0.25, -0.2) is 0 Å². The number of hydrogen-bond acceptors (Lipinski definition) is 6. The number of phenols is 1. The van der Waals surface area contributed by atoms with Gasteiger partial charge in [-0.3, -0.25) is 24.1 Å². The van der Waals surface area contributed by atoms with Crippen LogP contribution in [0.2, 0.25) is 0 Å². The SMILES string of the molecule is COc1cc(C2C3=CCC4C(=O)N(C)C(=O)C4C3CC3=C2C(=O)C=C(Br)C3=O)ccc1O. The van der Waals surface area contributed by atoms with Gasteiger partial charge in [-0.15, -0.1) is 0 Å². The summed E-state index contributed by atoms with van der Waals surface area (Å²) in [6.07, 6.45) is 3.88. The van der Waals surface area contributed by atoms with E-state index in [1.807, 2.05) is 6.08 Å². The van der Waals surface area contributed by atoms with Crippen molar-refractivity contribution >= 4 is 39.3 Å². The van der Waals surface area contributed by atoms with Gasteiger partial charge in [0.25, 0.3) is 0 Å². The van der Waals surface area contributed by atoms with E-state index in [4.69, 9.17) is 4.74 Å². The Bertz CT molecular complexity index is 1210. The fourth-order valence-electron chi connectivity index (χ4n) is 5.62. The third-order valence-electron chi connectivity index (χ3n) is 7.09. The standard InChI is InChI=1S/C24H20BrNO6/c1-26-23(30)12-5-4-11-13(20(12)24(26)31)8-14-21(17(28)9-15(25)22(14)29)19(11)10-3-6-16(27)18(7-10)32-2/h3-4,6-7,9,12-13,19-20,27H,5,8H2,1-2H3. The van der Waals surface area contributed by atoms with Gasteiger partial charge in [0.15, 0.2) is 23.1 Å². The Kier molecular flexibility index (Phi) is 4.74. The number of carbonyl (C=O) groups is 4. The van der Waals surface area contributed by atoms with Crippen LogP contribution in [-0.2, 0) is 19.2 Å². The molecule has 0 saturated carbocycles. The first kappa shape index (κ1) is 20.9. The van der Waals surface area contributed by atoms with Gasteiger partial charge in [0.1, 0.15) is 0 Å². The molecule has 5 rings (SSSR count). The number of hydrogen-bond donors (Lipinski definition) is 1. The number of fused-ring (bicyclic) bond motifs is 3. The minimum atomic E-state index is -0.568. The van der Waals surface area contributed by atoms with Crippen LogP contribution in [0, 0.1) is 17.8 Å². The van der Waals surface area contributed by atoms with E-state index in [1.54, 1.807) is 12.1 Å². The third-order valence-corrected chi connectivity index (χ3v) is 7.68. The normalized spacial score (nSPS) is 29.4. The lowest BCUT2D eigenvalue weighted by atomic mass is 9.59. The number of halogens is 1. The fourth-order valence-corrected chi connectivity index (χ4v) is 6.06. The molecule has 8 heteroatoms. The van der Waals surface area contributed by atoms with Crippen LogP contribution in [0.25, 0.3) is 0 Å². The molecule has 1 fully saturated rings. The molecule has 0 spiro atoms. The number of phenolic OH excluding ortho intramolecular Hbond substituents is 1. The molecule has 1 saturated heterocycles. The molecule has 4 atom stereocenters. The highest BCUT2D eigenvalue weighted by Crippen LogP contribution is 2.55. The number of carbonyl (C=O) groups excluding carboxylic acids is 4. The number of imide groups is 1. The van der Waals surface area contributed by atoms with E-state index in [0.29, 0.717) is 23.1 Å². The van der Waals surface area contributed by atoms with Crippen LogP contribution in [-0.4, -0.2) is 47.5 Å². The first-order chi connectivity index (χ1) is 15.2. The van der Waals surface area contributed by atoms with Gasteiger partial charge in [-0.05, 0) is 52.4 Å². The van der Waals surface area contributed by atoms with Crippen molar-refractivity contribution < 1.29 is 29.0 Å². The molecule has 1 heterocycles. The Hall–Kier alpha value is -3.00. The topological polar surface area (TPSA) is 101 Å². The minimum Gasteiger partial charge on any atom is -0.504 e. The quantitative estimate of drug-likeness (QED) is 0.383. The second-order valence-corrected chi connectivity index (χ2v) is 9.41. The van der Waals surface area contributed by atoms with E-state index < -0.39 is 17.8 Å². The molecule has 4 unspecified atom stereocenters. The van der Waals surface area contributed by atoms with Gasteiger partial charge in [-0.1, -0.05) is 17.7 Å². The van der Waals surface area contributed by atoms with Crippen molar-refractivity contribution in [1.29, 1.82) is 0 Å². The monoisotopic (exact) mass is 497 g/mol. The van der Waals surface area contributed by atoms with E-state index in [-0.39, 0.29) is 51.7 Å². The highest BCUT2D eigenvalue weighted by molar-refractivity contribution is 9.12. The Morgan fingerprint density at radius 3 is 2.59 bits per heavy atom. The molecular weight excluding hydrogens is 478 g/mol. The highest BCUT2D eigenvalue weighted by Gasteiger charge is 2.55. The van der Waals surface area contributed by atoms with Crippen molar-refractivity contribution in [3.05, 3.63) is 57.1 Å². The van der Waals surface area contributed by atoms with Gasteiger partial charge in [0.2, 0.25) is 11.8 Å². The number of nitrogens with zero attached hydrogens (tertiary/aromatic N) is 1. The van der Waals surface area contributed by atoms with E-state index in [9.17, 15) is 24.3 Å². The second-order valence-electron chi connectivity index (χ2n) is 8.56. The fraction of sp³-hybridized carbons (Fsp3) is 0.333. The summed E-state index contributed by atoms with van der Waals surface area (Å²) in [5.41, 5.74) is 2.30. The summed E-state index contributed by atoms with van der Waals surface area (Å²) in [6.45, 7) is 0. The lowest BCUT2D eigenvalue weighted by Gasteiger charge is -2.42. The number of benzene rings is 1. The molecule has 32 heavy (non-hydrogen) atoms. The number of ketones is 2. The van der Waals surface area contributed by atoms with E-state index >= 15 is 0 Å². The van der Waals surface area contributed by atoms with E-state index in [2.05, 4.69) is 15.9 Å². The first-order valence-electron chi connectivity index (χ1n) is 10.3. The third kappa shape index (κ3) is 2.78. The van der Waals surface area contributed by atoms with Crippen molar-refractivity contribution in [1.82, 2.24) is 4.90 Å². The van der Waals surface area contributed by atoms with Crippen LogP contribution in [0.3, 0.4) is 0 Å². The van der Waals surface area contributed by atoms with Crippen molar-refractivity contribution in [2.24, 2.45) is 17.8 Å². The molecule has 0 bridgehead atoms. The van der Waals surface area contributed by atoms with Crippen LogP contribution >= 0.6 is 15.9 Å². The summed E-state index contributed by atoms with van der Waals surface area (Å²) in [5, 5.41) is 10.1. The molecule has 3 aliphatic carbocycles. The Labute approximate surface area is 192 Å². The molecular formula is C24H20BrNO6. The second kappa shape index (κ2) is 7.27. The summed E-state index contributed by atoms with van der Waals surface area (Å²) < 4.78 is 5.45. The summed E-state index contributed by atoms with van der Waals surface area (Å²) >= 11 is 3.20. The maximum absolute atomic E-state index is 13.1. The first-order valence-corrected chi connectivity index (χ1v) is 11.1. The van der Waals surface area contributed by atoms with Gasteiger partial charge in [0.05, 0.1) is 23.4 Å². The van der Waals surface area contributed by atoms with Crippen molar-refractivity contribution in [3.63, 3.8) is 0 Å². The van der Waals surface area contributed by atoms with Gasteiger partial charge >= 0.3 is 0 Å². The zero-order valence-corrected chi connectivity index (χ0v) is 19.0. The van der Waals surface area contributed by atoms with Crippen molar-refractivity contribution in [2.45, 2.75) is 18.8 Å². The van der Waals surface area contributed by atoms with Crippen LogP contribution in [0.1, 0.15) is 24.3 Å². The summed E-state index contributed by atoms with van der Waals surface area (Å²) in [6, 6.07) is 4.84. The van der Waals surface area contributed by atoms with Crippen molar-refractivity contribution in [2.75, 3.05) is 14.2 Å². The molecule has 2 amide bonds. The maximum atomic E-state index is 13.1. The molecule has 0 radical (unpaired) electrons. The Balaban J connectivity index is 1.72. The van der Waals surface area contributed by atoms with E-state index in [1.165, 1.54) is 31.2 Å². The smallest absolute Gasteiger partial charge is 0.233 e. The average Bonchev–Trinajstić information content (AvgIpc) is 3.00. The number of ether oxygens (including phenoxy) is 1. The minimum absolute atomic E-state index is 0.0395. The molecule has 164 valence electrons. The van der Waals surface area contributed by atoms with Gasteiger partial charge < -0.3 is 9.84 Å². The molecule has 1 aromatic carbocycles. The largest absolute Gasteiger partial charge is 0.504 e. The van der Waals surface area contributed by atoms with Crippen LogP contribution in [0.4, 0.5) is 0 Å². The number of methoxy groups -OCH3 is 1. The maximum Gasteiger partial charge on any atom is 0.233 e. The zero-order chi connectivity index (χ0) is 22.9. The molecule has 1 aliphatic heterocycles. The van der Waals surface area contributed by atoms with E-state index in [0.717, 1.165) is 5.57 Å². The lowest BCUT2D eigenvalue weighted by molar-refractivity contribution is -0.138. The van der Waals surface area contributed by atoms with Crippen molar-refractivity contribution in [3.8, 4) is 11.5 Å². The number of Topliss-reactive ketones (excluding diaryl/α,β-unsaturated/α-hetero) is 1. The number of aromatic hydroxyl groups is 1. The summed E-state index contributed by atoms with van der Waals surface area (Å²) in [7, 11) is 2.93.